The molecule has 5 saturated carbocycles. The normalized spacial score (nSPS) is 53.8. The van der Waals surface area contributed by atoms with Crippen LogP contribution in [0, 0.1) is 63.1 Å². The van der Waals surface area contributed by atoms with Gasteiger partial charge in [-0.05, 0) is 97.2 Å². The smallest absolute Gasteiger partial charge is 0 e. The third-order valence-corrected chi connectivity index (χ3v) is 13.5. The van der Waals surface area contributed by atoms with Crippen molar-refractivity contribution in [2.75, 3.05) is 0 Å². The Labute approximate surface area is 225 Å². The van der Waals surface area contributed by atoms with Crippen LogP contribution >= 0.6 is 0 Å². The van der Waals surface area contributed by atoms with Gasteiger partial charge in [-0.15, -0.1) is 0 Å². The van der Waals surface area contributed by atoms with Gasteiger partial charge in [-0.3, -0.25) is 0 Å². The largest absolute Gasteiger partial charge is 0.323 e. The first-order valence-electron chi connectivity index (χ1n) is 13.9. The van der Waals surface area contributed by atoms with Crippen molar-refractivity contribution in [3.05, 3.63) is 18.6 Å². The molecule has 1 heteroatoms. The molecule has 32 heavy (non-hydrogen) atoms. The summed E-state index contributed by atoms with van der Waals surface area (Å²) in [5.41, 5.74) is 4.14. The summed E-state index contributed by atoms with van der Waals surface area (Å²) in [5.74, 6) is 4.44. The van der Waals surface area contributed by atoms with Crippen LogP contribution in [0.4, 0.5) is 0 Å². The predicted molar refractivity (Wildman–Crippen MR) is 134 cm³/mol. The molecule has 0 heterocycles. The van der Waals surface area contributed by atoms with E-state index in [0.717, 1.165) is 29.6 Å². The van der Waals surface area contributed by atoms with Crippen molar-refractivity contribution in [3.8, 4) is 0 Å². The molecule has 0 aromatic carbocycles. The number of fused-ring (bicyclic) bond motifs is 7. The second kappa shape index (κ2) is 8.18. The van der Waals surface area contributed by atoms with Crippen LogP contribution in [0.3, 0.4) is 0 Å². The zero-order valence-electron chi connectivity index (χ0n) is 22.5. The van der Waals surface area contributed by atoms with Gasteiger partial charge in [0.2, 0.25) is 0 Å². The second-order valence-corrected chi connectivity index (χ2v) is 14.5. The van der Waals surface area contributed by atoms with Crippen molar-refractivity contribution in [2.45, 2.75) is 119 Å². The monoisotopic (exact) mass is 512 g/mol. The van der Waals surface area contributed by atoms with E-state index in [1.807, 2.05) is 0 Å². The first-order valence-corrected chi connectivity index (χ1v) is 13.9. The van der Waals surface area contributed by atoms with Gasteiger partial charge in [0.1, 0.15) is 0 Å². The second-order valence-electron chi connectivity index (χ2n) is 14.5. The molecule has 0 aromatic rings. The minimum absolute atomic E-state index is 0. The maximum absolute atomic E-state index is 4.53. The molecule has 0 spiro atoms. The third kappa shape index (κ3) is 3.19. The van der Waals surface area contributed by atoms with Crippen LogP contribution in [0.15, 0.2) is 12.2 Å². The summed E-state index contributed by atoms with van der Waals surface area (Å²) in [6, 6.07) is 0. The van der Waals surface area contributed by atoms with Crippen LogP contribution < -0.4 is 0 Å². The van der Waals surface area contributed by atoms with Crippen LogP contribution in [0.25, 0.3) is 0 Å². The Kier molecular flexibility index (Phi) is 6.63. The average Bonchev–Trinajstić information content (AvgIpc) is 3.08. The number of hydrogen-bond donors (Lipinski definition) is 0. The van der Waals surface area contributed by atoms with E-state index in [1.165, 1.54) is 76.2 Å². The first-order chi connectivity index (χ1) is 14.5. The fourth-order valence-electron chi connectivity index (χ4n) is 11.7. The molecule has 5 aliphatic rings. The minimum atomic E-state index is 0. The zero-order chi connectivity index (χ0) is 22.4. The molecular formula is C31H51Y-. The van der Waals surface area contributed by atoms with Crippen LogP contribution in [0.1, 0.15) is 119 Å². The van der Waals surface area contributed by atoms with E-state index in [0.29, 0.717) is 27.1 Å². The number of allylic oxidation sites excluding steroid dienone is 1. The van der Waals surface area contributed by atoms with E-state index < -0.39 is 0 Å². The van der Waals surface area contributed by atoms with Gasteiger partial charge in [-0.2, -0.15) is 11.8 Å². The Hall–Kier alpha value is 0.844. The molecule has 9 atom stereocenters. The van der Waals surface area contributed by atoms with Crippen molar-refractivity contribution in [1.82, 2.24) is 0 Å². The Morgan fingerprint density at radius 2 is 1.56 bits per heavy atom. The van der Waals surface area contributed by atoms with Gasteiger partial charge in [0.25, 0.3) is 0 Å². The molecule has 0 aliphatic heterocycles. The summed E-state index contributed by atoms with van der Waals surface area (Å²) >= 11 is 0. The first kappa shape index (κ1) is 25.9. The molecule has 0 nitrogen and oxygen atoms in total. The van der Waals surface area contributed by atoms with Gasteiger partial charge in [-0.1, -0.05) is 78.9 Å². The molecule has 1 radical (unpaired) electrons. The molecular weight excluding hydrogens is 461 g/mol. The SMILES string of the molecule is C=C(C)C1CCC2(CC)CCC3(C)C(CCC4C5(C)CC[CH-]C(C)(C)C5CCC43C)C12.[Y]. The van der Waals surface area contributed by atoms with E-state index >= 15 is 0 Å². The van der Waals surface area contributed by atoms with Crippen molar-refractivity contribution >= 4 is 0 Å². The van der Waals surface area contributed by atoms with Crippen LogP contribution in [0.2, 0.25) is 0 Å². The van der Waals surface area contributed by atoms with E-state index in [4.69, 9.17) is 0 Å². The van der Waals surface area contributed by atoms with Crippen LogP contribution in [-0.4, -0.2) is 0 Å². The van der Waals surface area contributed by atoms with Gasteiger partial charge >= 0.3 is 0 Å². The van der Waals surface area contributed by atoms with E-state index in [9.17, 15) is 0 Å². The Bertz CT molecular complexity index is 752. The van der Waals surface area contributed by atoms with Gasteiger partial charge in [0, 0.05) is 32.7 Å². The Morgan fingerprint density at radius 1 is 0.844 bits per heavy atom. The molecule has 5 rings (SSSR count). The summed E-state index contributed by atoms with van der Waals surface area (Å²) in [6.07, 6.45) is 18.7. The summed E-state index contributed by atoms with van der Waals surface area (Å²) in [4.78, 5) is 0. The fourth-order valence-corrected chi connectivity index (χ4v) is 11.7. The van der Waals surface area contributed by atoms with Gasteiger partial charge in [-0.25, -0.2) is 0 Å². The third-order valence-electron chi connectivity index (χ3n) is 13.5. The minimum Gasteiger partial charge on any atom is -0.323 e. The molecule has 0 N–H and O–H groups in total. The molecule has 5 aliphatic carbocycles. The molecule has 0 aromatic heterocycles. The standard InChI is InChI=1S/C31H51.Y/c1-9-31-18-13-22(21(2)3)26(31)23-11-12-25-28(6)16-10-15-27(4,5)24(28)14-17-30(25,8)29(23,7)19-20-31;/h15,22-26H,2,9-14,16-20H2,1,3-8H3;/q-1;. The van der Waals surface area contributed by atoms with Crippen LogP contribution in [0.5, 0.6) is 0 Å². The fraction of sp³-hybridized carbons (Fsp3) is 0.903. The molecule has 9 unspecified atom stereocenters. The van der Waals surface area contributed by atoms with E-state index in [-0.39, 0.29) is 32.7 Å². The average molecular weight is 513 g/mol. The topological polar surface area (TPSA) is 0 Å². The van der Waals surface area contributed by atoms with Crippen molar-refractivity contribution < 1.29 is 32.7 Å². The van der Waals surface area contributed by atoms with Crippen molar-refractivity contribution in [3.63, 3.8) is 0 Å². The van der Waals surface area contributed by atoms with E-state index in [2.05, 4.69) is 61.5 Å². The molecule has 0 amide bonds. The van der Waals surface area contributed by atoms with Crippen molar-refractivity contribution in [2.24, 2.45) is 56.7 Å². The number of hydrogen-bond acceptors (Lipinski definition) is 0. The maximum Gasteiger partial charge on any atom is 0 e. The predicted octanol–water partition coefficient (Wildman–Crippen LogP) is 9.26. The maximum atomic E-state index is 4.53. The summed E-state index contributed by atoms with van der Waals surface area (Å²) in [7, 11) is 0. The van der Waals surface area contributed by atoms with Crippen LogP contribution in [-0.2, 0) is 32.7 Å². The molecule has 0 bridgehead atoms. The Morgan fingerprint density at radius 3 is 2.22 bits per heavy atom. The molecule has 0 saturated heterocycles. The van der Waals surface area contributed by atoms with Crippen molar-refractivity contribution in [1.29, 1.82) is 0 Å². The van der Waals surface area contributed by atoms with Gasteiger partial charge in [0.15, 0.2) is 0 Å². The van der Waals surface area contributed by atoms with E-state index in [1.54, 1.807) is 0 Å². The summed E-state index contributed by atoms with van der Waals surface area (Å²) in [6.45, 7) is 22.8. The molecule has 5 fully saturated rings. The quantitative estimate of drug-likeness (QED) is 0.255. The van der Waals surface area contributed by atoms with Gasteiger partial charge in [0.05, 0.1) is 0 Å². The zero-order valence-corrected chi connectivity index (χ0v) is 25.4. The van der Waals surface area contributed by atoms with Gasteiger partial charge < -0.3 is 6.42 Å². The molecule has 179 valence electrons. The summed E-state index contributed by atoms with van der Waals surface area (Å²) in [5, 5.41) is 0. The Balaban J connectivity index is 0.00000245. The number of rotatable bonds is 2. The summed E-state index contributed by atoms with van der Waals surface area (Å²) < 4.78 is 0.